The van der Waals surface area contributed by atoms with Gasteiger partial charge < -0.3 is 8.83 Å². The van der Waals surface area contributed by atoms with Crippen molar-refractivity contribution < 1.29 is 22.0 Å². The minimum absolute atomic E-state index is 0.0325. The third kappa shape index (κ3) is 3.79. The molecule has 0 atom stereocenters. The average Bonchev–Trinajstić information content (AvgIpc) is 3.34. The fraction of sp³-hybridized carbons (Fsp3) is 0.105. The number of carbonyl (C=O) groups excluding carboxylic acids is 1. The van der Waals surface area contributed by atoms with Crippen molar-refractivity contribution in [3.63, 3.8) is 0 Å². The van der Waals surface area contributed by atoms with Crippen LogP contribution in [0.3, 0.4) is 0 Å². The number of carbonyl (C=O) groups is 1. The lowest BCUT2D eigenvalue weighted by Gasteiger charge is -2.01. The summed E-state index contributed by atoms with van der Waals surface area (Å²) in [7, 11) is -3.46. The molecule has 1 amide bonds. The minimum Gasteiger partial charge on any atom is -0.451 e. The highest BCUT2D eigenvalue weighted by atomic mass is 32.2. The molecule has 2 aromatic carbocycles. The van der Waals surface area contributed by atoms with Crippen LogP contribution in [-0.2, 0) is 16.3 Å². The van der Waals surface area contributed by atoms with Crippen molar-refractivity contribution in [2.45, 2.75) is 11.3 Å². The van der Waals surface area contributed by atoms with E-state index in [9.17, 15) is 13.2 Å². The van der Waals surface area contributed by atoms with E-state index in [4.69, 9.17) is 8.83 Å². The van der Waals surface area contributed by atoms with E-state index in [-0.39, 0.29) is 34.7 Å². The first kappa shape index (κ1) is 17.9. The van der Waals surface area contributed by atoms with Gasteiger partial charge in [-0.15, -0.1) is 5.10 Å². The summed E-state index contributed by atoms with van der Waals surface area (Å²) in [5.74, 6) is -0.508. The van der Waals surface area contributed by atoms with Crippen LogP contribution >= 0.6 is 0 Å². The van der Waals surface area contributed by atoms with Crippen LogP contribution < -0.4 is 5.32 Å². The molecule has 0 unspecified atom stereocenters. The fourth-order valence-corrected chi connectivity index (χ4v) is 3.88. The van der Waals surface area contributed by atoms with Crippen LogP contribution in [0.15, 0.2) is 74.4 Å². The number of anilines is 1. The van der Waals surface area contributed by atoms with Crippen LogP contribution in [0.5, 0.6) is 0 Å². The number of nitrogens with one attached hydrogen (secondary N) is 1. The lowest BCUT2D eigenvalue weighted by atomic mass is 10.2. The molecule has 2 aromatic heterocycles. The Morgan fingerprint density at radius 1 is 0.964 bits per heavy atom. The van der Waals surface area contributed by atoms with Crippen molar-refractivity contribution in [1.82, 2.24) is 10.2 Å². The van der Waals surface area contributed by atoms with Gasteiger partial charge in [-0.25, -0.2) is 8.42 Å². The number of hydrogen-bond acceptors (Lipinski definition) is 7. The fourth-order valence-electron chi connectivity index (χ4n) is 2.63. The van der Waals surface area contributed by atoms with Crippen molar-refractivity contribution in [2.24, 2.45) is 0 Å². The van der Waals surface area contributed by atoms with Gasteiger partial charge in [0.15, 0.2) is 15.6 Å². The number of para-hydroxylation sites is 1. The van der Waals surface area contributed by atoms with Crippen LogP contribution in [0.4, 0.5) is 6.01 Å². The van der Waals surface area contributed by atoms with E-state index in [1.165, 1.54) is 12.1 Å². The Labute approximate surface area is 160 Å². The zero-order valence-electron chi connectivity index (χ0n) is 14.5. The number of fused-ring (bicyclic) bond motifs is 1. The van der Waals surface area contributed by atoms with Gasteiger partial charge in [0.05, 0.1) is 10.6 Å². The van der Waals surface area contributed by atoms with Crippen LogP contribution in [-0.4, -0.2) is 30.3 Å². The molecule has 0 fully saturated rings. The van der Waals surface area contributed by atoms with Gasteiger partial charge in [0.25, 0.3) is 5.91 Å². The zero-order chi connectivity index (χ0) is 19.6. The summed E-state index contributed by atoms with van der Waals surface area (Å²) in [4.78, 5) is 12.5. The number of aryl methyl sites for hydroxylation is 1. The summed E-state index contributed by atoms with van der Waals surface area (Å²) in [6, 6.07) is 16.8. The summed E-state index contributed by atoms with van der Waals surface area (Å²) >= 11 is 0. The largest absolute Gasteiger partial charge is 0.451 e. The molecular formula is C19H15N3O5S. The first-order chi connectivity index (χ1) is 13.5. The Bertz CT molecular complexity index is 1200. The molecule has 142 valence electrons. The Kier molecular flexibility index (Phi) is 4.66. The molecule has 0 spiro atoms. The molecule has 4 aromatic rings. The number of aromatic nitrogens is 2. The summed E-state index contributed by atoms with van der Waals surface area (Å²) in [6.07, 6.45) is 0.0325. The van der Waals surface area contributed by atoms with E-state index in [1.807, 2.05) is 12.1 Å². The standard InChI is InChI=1S/C19H15N3O5S/c23-18(16-12-13-6-4-5-9-15(13)26-16)20-19-22-21-17(27-19)10-11-28(24,25)14-7-2-1-3-8-14/h1-9,12H,10-11H2,(H,20,22,23). The van der Waals surface area contributed by atoms with E-state index in [0.29, 0.717) is 5.58 Å². The van der Waals surface area contributed by atoms with Gasteiger partial charge in [-0.3, -0.25) is 10.1 Å². The van der Waals surface area contributed by atoms with Gasteiger partial charge in [-0.1, -0.05) is 41.5 Å². The molecule has 4 rings (SSSR count). The molecule has 2 heterocycles. The lowest BCUT2D eigenvalue weighted by Crippen LogP contribution is -2.11. The van der Waals surface area contributed by atoms with Gasteiger partial charge in [-0.05, 0) is 24.3 Å². The molecule has 0 aliphatic carbocycles. The second kappa shape index (κ2) is 7.28. The Hall–Kier alpha value is -3.46. The smallest absolute Gasteiger partial charge is 0.322 e. The number of hydrogen-bond donors (Lipinski definition) is 1. The van der Waals surface area contributed by atoms with E-state index < -0.39 is 15.7 Å². The Morgan fingerprint density at radius 2 is 1.71 bits per heavy atom. The second-order valence-electron chi connectivity index (χ2n) is 5.99. The molecule has 8 nitrogen and oxygen atoms in total. The summed E-state index contributed by atoms with van der Waals surface area (Å²) in [5, 5.41) is 10.7. The van der Waals surface area contributed by atoms with Crippen molar-refractivity contribution in [3.05, 3.63) is 72.3 Å². The summed E-state index contributed by atoms with van der Waals surface area (Å²) < 4.78 is 35.4. The van der Waals surface area contributed by atoms with E-state index in [0.717, 1.165) is 5.39 Å². The molecule has 1 N–H and O–H groups in total. The highest BCUT2D eigenvalue weighted by molar-refractivity contribution is 7.91. The van der Waals surface area contributed by atoms with Gasteiger partial charge in [0, 0.05) is 11.8 Å². The Morgan fingerprint density at radius 3 is 2.50 bits per heavy atom. The topological polar surface area (TPSA) is 115 Å². The van der Waals surface area contributed by atoms with Crippen molar-refractivity contribution in [3.8, 4) is 0 Å². The predicted molar refractivity (Wildman–Crippen MR) is 101 cm³/mol. The zero-order valence-corrected chi connectivity index (χ0v) is 15.3. The lowest BCUT2D eigenvalue weighted by molar-refractivity contribution is 0.0995. The number of amides is 1. The predicted octanol–water partition coefficient (Wildman–Crippen LogP) is 3.08. The van der Waals surface area contributed by atoms with E-state index in [1.54, 1.807) is 36.4 Å². The van der Waals surface area contributed by atoms with Crippen LogP contribution in [0, 0.1) is 0 Å². The normalized spacial score (nSPS) is 11.6. The molecule has 0 saturated heterocycles. The first-order valence-electron chi connectivity index (χ1n) is 8.41. The SMILES string of the molecule is O=C(Nc1nnc(CCS(=O)(=O)c2ccccc2)o1)c1cc2ccccc2o1. The Balaban J connectivity index is 1.41. The number of furan rings is 1. The van der Waals surface area contributed by atoms with Crippen LogP contribution in [0.25, 0.3) is 11.0 Å². The van der Waals surface area contributed by atoms with Gasteiger partial charge in [-0.2, -0.15) is 0 Å². The number of sulfone groups is 1. The highest BCUT2D eigenvalue weighted by Crippen LogP contribution is 2.20. The third-order valence-electron chi connectivity index (χ3n) is 4.02. The van der Waals surface area contributed by atoms with E-state index in [2.05, 4.69) is 15.5 Å². The quantitative estimate of drug-likeness (QED) is 0.531. The molecule has 0 radical (unpaired) electrons. The minimum atomic E-state index is -3.46. The van der Waals surface area contributed by atoms with Crippen molar-refractivity contribution in [2.75, 3.05) is 11.1 Å². The van der Waals surface area contributed by atoms with E-state index >= 15 is 0 Å². The van der Waals surface area contributed by atoms with Crippen LogP contribution in [0.1, 0.15) is 16.4 Å². The molecular weight excluding hydrogens is 382 g/mol. The molecule has 0 bridgehead atoms. The van der Waals surface area contributed by atoms with Crippen molar-refractivity contribution >= 4 is 32.7 Å². The second-order valence-corrected chi connectivity index (χ2v) is 8.09. The monoisotopic (exact) mass is 397 g/mol. The van der Waals surface area contributed by atoms with Gasteiger partial charge in [0.2, 0.25) is 5.89 Å². The molecule has 9 heteroatoms. The first-order valence-corrected chi connectivity index (χ1v) is 10.1. The summed E-state index contributed by atoms with van der Waals surface area (Å²) in [6.45, 7) is 0. The molecule has 28 heavy (non-hydrogen) atoms. The number of nitrogens with zero attached hydrogens (tertiary/aromatic N) is 2. The molecule has 0 saturated carbocycles. The molecule has 0 aliphatic heterocycles. The van der Waals surface area contributed by atoms with Gasteiger partial charge >= 0.3 is 6.01 Å². The number of benzene rings is 2. The molecule has 0 aliphatic rings. The van der Waals surface area contributed by atoms with Gasteiger partial charge in [0.1, 0.15) is 5.58 Å². The third-order valence-corrected chi connectivity index (χ3v) is 5.76. The van der Waals surface area contributed by atoms with Crippen molar-refractivity contribution in [1.29, 1.82) is 0 Å². The maximum absolute atomic E-state index is 12.3. The number of rotatable bonds is 6. The summed E-state index contributed by atoms with van der Waals surface area (Å²) in [5.41, 5.74) is 0.588. The van der Waals surface area contributed by atoms with Crippen LogP contribution in [0.2, 0.25) is 0 Å². The maximum atomic E-state index is 12.3. The average molecular weight is 397 g/mol. The highest BCUT2D eigenvalue weighted by Gasteiger charge is 2.18. The maximum Gasteiger partial charge on any atom is 0.322 e.